The molecule has 7 N–H and O–H groups in total. The number of benzene rings is 3. The van der Waals surface area contributed by atoms with E-state index in [2.05, 4.69) is 10.6 Å². The highest BCUT2D eigenvalue weighted by atomic mass is 16.6. The smallest absolute Gasteiger partial charge is 0.412 e. The van der Waals surface area contributed by atoms with Crippen molar-refractivity contribution in [2.45, 2.75) is 39.5 Å². The van der Waals surface area contributed by atoms with Gasteiger partial charge in [0.15, 0.2) is 12.0 Å². The summed E-state index contributed by atoms with van der Waals surface area (Å²) < 4.78 is 10.9. The fourth-order valence-electron chi connectivity index (χ4n) is 3.17. The lowest BCUT2D eigenvalue weighted by Gasteiger charge is -2.21. The molecule has 1 unspecified atom stereocenters. The number of ether oxygens (including phenoxy) is 2. The number of aryl methyl sites for hydroxylation is 1. The molecule has 0 spiro atoms. The summed E-state index contributed by atoms with van der Waals surface area (Å²) in [5, 5.41) is 16.1. The Morgan fingerprint density at radius 3 is 2.17 bits per heavy atom. The first-order chi connectivity index (χ1) is 16.4. The molecule has 184 valence electrons. The van der Waals surface area contributed by atoms with Gasteiger partial charge in [-0.05, 0) is 76.2 Å². The van der Waals surface area contributed by atoms with Crippen LogP contribution in [0.3, 0.4) is 0 Å². The van der Waals surface area contributed by atoms with Gasteiger partial charge in [0.25, 0.3) is 0 Å². The highest BCUT2D eigenvalue weighted by Crippen LogP contribution is 2.31. The predicted molar refractivity (Wildman–Crippen MR) is 136 cm³/mol. The normalized spacial score (nSPS) is 11.9. The van der Waals surface area contributed by atoms with Gasteiger partial charge in [-0.3, -0.25) is 5.32 Å². The first kappa shape index (κ1) is 25.4. The summed E-state index contributed by atoms with van der Waals surface area (Å²) in [4.78, 5) is 25.1. The van der Waals surface area contributed by atoms with Crippen molar-refractivity contribution in [1.82, 2.24) is 0 Å². The third-order valence-corrected chi connectivity index (χ3v) is 4.72. The van der Waals surface area contributed by atoms with Crippen molar-refractivity contribution in [3.8, 4) is 5.75 Å². The van der Waals surface area contributed by atoms with Gasteiger partial charge in [0, 0.05) is 22.6 Å². The molecule has 3 aromatic carbocycles. The van der Waals surface area contributed by atoms with Gasteiger partial charge in [0.05, 0.1) is 11.3 Å². The van der Waals surface area contributed by atoms with Crippen molar-refractivity contribution in [3.05, 3.63) is 77.4 Å². The van der Waals surface area contributed by atoms with Crippen molar-refractivity contribution in [2.75, 3.05) is 22.1 Å². The highest BCUT2D eigenvalue weighted by molar-refractivity contribution is 5.94. The van der Waals surface area contributed by atoms with E-state index in [0.717, 1.165) is 5.56 Å². The number of amides is 1. The number of aliphatic hydroxyl groups excluding tert-OH is 1. The maximum atomic E-state index is 12.7. The molecule has 1 amide bonds. The van der Waals surface area contributed by atoms with E-state index < -0.39 is 23.9 Å². The van der Waals surface area contributed by atoms with Crippen LogP contribution in [-0.4, -0.2) is 22.8 Å². The summed E-state index contributed by atoms with van der Waals surface area (Å²) in [5.74, 6) is -0.483. The minimum atomic E-state index is -1.14. The SMILES string of the molecule is Cc1ccc(C(=O)Oc2ccc(NC(O)c3cc(N)cc(N)c3)cc2NC(=O)OC(C)(C)C)cc1. The molecular formula is C26H30N4O5. The zero-order valence-electron chi connectivity index (χ0n) is 20.1. The molecule has 0 aliphatic carbocycles. The predicted octanol–water partition coefficient (Wildman–Crippen LogP) is 4.83. The Kier molecular flexibility index (Phi) is 7.51. The number of nitrogens with two attached hydrogens (primary N) is 2. The van der Waals surface area contributed by atoms with Crippen molar-refractivity contribution in [3.63, 3.8) is 0 Å². The Morgan fingerprint density at radius 2 is 1.57 bits per heavy atom. The van der Waals surface area contributed by atoms with Crippen LogP contribution in [0.5, 0.6) is 5.75 Å². The van der Waals surface area contributed by atoms with E-state index in [9.17, 15) is 14.7 Å². The van der Waals surface area contributed by atoms with Crippen LogP contribution in [0.1, 0.15) is 48.5 Å². The van der Waals surface area contributed by atoms with E-state index in [4.69, 9.17) is 20.9 Å². The van der Waals surface area contributed by atoms with Gasteiger partial charge in [0.2, 0.25) is 0 Å². The molecule has 1 atom stereocenters. The second-order valence-electron chi connectivity index (χ2n) is 9.07. The Morgan fingerprint density at radius 1 is 0.943 bits per heavy atom. The van der Waals surface area contributed by atoms with Crippen molar-refractivity contribution >= 4 is 34.8 Å². The van der Waals surface area contributed by atoms with Gasteiger partial charge in [0.1, 0.15) is 5.60 Å². The van der Waals surface area contributed by atoms with Gasteiger partial charge in [-0.25, -0.2) is 9.59 Å². The number of carbonyl (C=O) groups is 2. The molecule has 0 radical (unpaired) electrons. The second-order valence-corrected chi connectivity index (χ2v) is 9.07. The van der Waals surface area contributed by atoms with Crippen LogP contribution in [0.4, 0.5) is 27.5 Å². The third kappa shape index (κ3) is 7.38. The fraction of sp³-hybridized carbons (Fsp3) is 0.231. The molecule has 0 saturated heterocycles. The number of hydrogen-bond acceptors (Lipinski definition) is 8. The minimum Gasteiger partial charge on any atom is -0.444 e. The lowest BCUT2D eigenvalue weighted by Crippen LogP contribution is -2.27. The Bertz CT molecular complexity index is 1200. The average Bonchev–Trinajstić information content (AvgIpc) is 2.74. The van der Waals surface area contributed by atoms with Crippen LogP contribution in [0.2, 0.25) is 0 Å². The van der Waals surface area contributed by atoms with E-state index in [1.165, 1.54) is 12.1 Å². The van der Waals surface area contributed by atoms with Gasteiger partial charge < -0.3 is 31.4 Å². The van der Waals surface area contributed by atoms with Crippen LogP contribution in [0.15, 0.2) is 60.7 Å². The van der Waals surface area contributed by atoms with E-state index in [1.54, 1.807) is 69.3 Å². The van der Waals surface area contributed by atoms with Gasteiger partial charge in [-0.2, -0.15) is 0 Å². The van der Waals surface area contributed by atoms with Crippen LogP contribution in [-0.2, 0) is 4.74 Å². The van der Waals surface area contributed by atoms with Crippen LogP contribution < -0.4 is 26.8 Å². The molecular weight excluding hydrogens is 448 g/mol. The molecule has 0 bridgehead atoms. The monoisotopic (exact) mass is 478 g/mol. The van der Waals surface area contributed by atoms with E-state index in [0.29, 0.717) is 28.2 Å². The topological polar surface area (TPSA) is 149 Å². The Hall–Kier alpha value is -4.24. The standard InChI is InChI=1S/C26H30N4O5/c1-15-5-7-16(8-6-15)24(32)34-22-10-9-20(14-21(22)30-25(33)35-26(2,3)4)29-23(31)17-11-18(27)13-19(28)12-17/h5-14,23,29,31H,27-28H2,1-4H3,(H,30,33). The molecule has 9 heteroatoms. The van der Waals surface area contributed by atoms with Crippen LogP contribution >= 0.6 is 0 Å². The Balaban J connectivity index is 1.87. The quantitative estimate of drug-likeness (QED) is 0.146. The zero-order valence-corrected chi connectivity index (χ0v) is 20.1. The number of rotatable bonds is 6. The number of nitrogen functional groups attached to an aromatic ring is 2. The summed E-state index contributed by atoms with van der Waals surface area (Å²) in [7, 11) is 0. The van der Waals surface area contributed by atoms with Crippen LogP contribution in [0.25, 0.3) is 0 Å². The molecule has 0 aromatic heterocycles. The van der Waals surface area contributed by atoms with Crippen molar-refractivity contribution in [2.24, 2.45) is 0 Å². The van der Waals surface area contributed by atoms with E-state index in [1.807, 2.05) is 6.92 Å². The summed E-state index contributed by atoms with van der Waals surface area (Å²) >= 11 is 0. The van der Waals surface area contributed by atoms with E-state index in [-0.39, 0.29) is 11.4 Å². The number of nitrogens with one attached hydrogen (secondary N) is 2. The van der Waals surface area contributed by atoms with Crippen molar-refractivity contribution in [1.29, 1.82) is 0 Å². The fourth-order valence-corrected chi connectivity index (χ4v) is 3.17. The van der Waals surface area contributed by atoms with Crippen molar-refractivity contribution < 1.29 is 24.2 Å². The van der Waals surface area contributed by atoms with Gasteiger partial charge in [-0.15, -0.1) is 0 Å². The summed E-state index contributed by atoms with van der Waals surface area (Å²) in [6.07, 6.45) is -1.87. The molecule has 0 aliphatic heterocycles. The summed E-state index contributed by atoms with van der Waals surface area (Å²) in [6, 6.07) is 16.3. The molecule has 35 heavy (non-hydrogen) atoms. The third-order valence-electron chi connectivity index (χ3n) is 4.72. The molecule has 9 nitrogen and oxygen atoms in total. The number of aliphatic hydroxyl groups is 1. The minimum absolute atomic E-state index is 0.106. The number of hydrogen-bond donors (Lipinski definition) is 5. The highest BCUT2D eigenvalue weighted by Gasteiger charge is 2.20. The lowest BCUT2D eigenvalue weighted by atomic mass is 10.1. The first-order valence-corrected chi connectivity index (χ1v) is 10.9. The first-order valence-electron chi connectivity index (χ1n) is 10.9. The van der Waals surface area contributed by atoms with Crippen LogP contribution in [0, 0.1) is 6.92 Å². The molecule has 3 aromatic rings. The molecule has 0 fully saturated rings. The lowest BCUT2D eigenvalue weighted by molar-refractivity contribution is 0.0630. The molecule has 3 rings (SSSR count). The zero-order chi connectivity index (χ0) is 25.8. The number of carbonyl (C=O) groups excluding carboxylic acids is 2. The Labute approximate surface area is 204 Å². The molecule has 0 saturated carbocycles. The largest absolute Gasteiger partial charge is 0.444 e. The maximum Gasteiger partial charge on any atom is 0.412 e. The second kappa shape index (κ2) is 10.4. The summed E-state index contributed by atoms with van der Waals surface area (Å²) in [6.45, 7) is 7.11. The average molecular weight is 479 g/mol. The molecule has 0 heterocycles. The summed E-state index contributed by atoms with van der Waals surface area (Å²) in [5.41, 5.74) is 14.1. The number of anilines is 4. The van der Waals surface area contributed by atoms with Gasteiger partial charge in [-0.1, -0.05) is 17.7 Å². The van der Waals surface area contributed by atoms with Gasteiger partial charge >= 0.3 is 12.1 Å². The van der Waals surface area contributed by atoms with E-state index >= 15 is 0 Å². The number of esters is 1. The maximum absolute atomic E-state index is 12.7. The molecule has 0 aliphatic rings.